The predicted molar refractivity (Wildman–Crippen MR) is 97.0 cm³/mol. The zero-order valence-electron chi connectivity index (χ0n) is 13.9. The quantitative estimate of drug-likeness (QED) is 0.812. The van der Waals surface area contributed by atoms with Crippen LogP contribution in [0.15, 0.2) is 18.2 Å². The fraction of sp³-hybridized carbons (Fsp3) is 0.611. The van der Waals surface area contributed by atoms with E-state index in [1.807, 2.05) is 12.1 Å². The highest BCUT2D eigenvalue weighted by Gasteiger charge is 2.26. The minimum atomic E-state index is 0.0779. The zero-order valence-corrected chi connectivity index (χ0v) is 15.5. The third-order valence-electron chi connectivity index (χ3n) is 4.40. The van der Waals surface area contributed by atoms with E-state index in [2.05, 4.69) is 24.1 Å². The number of halogens is 2. The van der Waals surface area contributed by atoms with E-state index >= 15 is 0 Å². The number of hydrogen-bond donors (Lipinski definition) is 1. The summed E-state index contributed by atoms with van der Waals surface area (Å²) in [7, 11) is 0. The Kier molecular flexibility index (Phi) is 7.19. The van der Waals surface area contributed by atoms with Crippen molar-refractivity contribution in [1.29, 1.82) is 0 Å². The summed E-state index contributed by atoms with van der Waals surface area (Å²) in [6, 6.07) is 5.87. The second-order valence-corrected chi connectivity index (χ2v) is 7.35. The molecule has 1 saturated heterocycles. The molecule has 0 spiro atoms. The molecule has 5 heteroatoms. The Morgan fingerprint density at radius 1 is 1.43 bits per heavy atom. The lowest BCUT2D eigenvalue weighted by molar-refractivity contribution is -0.127. The maximum atomic E-state index is 12.4. The first-order valence-electron chi connectivity index (χ1n) is 8.46. The third kappa shape index (κ3) is 5.66. The smallest absolute Gasteiger partial charge is 0.224 e. The van der Waals surface area contributed by atoms with Gasteiger partial charge in [-0.2, -0.15) is 0 Å². The van der Waals surface area contributed by atoms with Crippen LogP contribution in [0.4, 0.5) is 0 Å². The van der Waals surface area contributed by atoms with Crippen LogP contribution in [0, 0.1) is 5.92 Å². The van der Waals surface area contributed by atoms with E-state index < -0.39 is 0 Å². The van der Waals surface area contributed by atoms with Crippen LogP contribution in [0.2, 0.25) is 10.0 Å². The number of likely N-dealkylation sites (tertiary alicyclic amines) is 1. The van der Waals surface area contributed by atoms with Gasteiger partial charge in [0.05, 0.1) is 5.92 Å². The number of carbonyl (C=O) groups is 1. The first-order valence-corrected chi connectivity index (χ1v) is 9.21. The van der Waals surface area contributed by atoms with E-state index in [9.17, 15) is 4.79 Å². The van der Waals surface area contributed by atoms with Crippen LogP contribution in [-0.4, -0.2) is 29.9 Å². The van der Waals surface area contributed by atoms with Crippen molar-refractivity contribution >= 4 is 29.1 Å². The summed E-state index contributed by atoms with van der Waals surface area (Å²) in [6.07, 6.45) is 4.14. The Hall–Kier alpha value is -0.770. The van der Waals surface area contributed by atoms with Crippen LogP contribution in [0.3, 0.4) is 0 Å². The molecular weight excluding hydrogens is 331 g/mol. The molecule has 1 aromatic rings. The molecule has 0 saturated carbocycles. The van der Waals surface area contributed by atoms with Crippen LogP contribution >= 0.6 is 23.2 Å². The molecule has 0 radical (unpaired) electrons. The van der Waals surface area contributed by atoms with Crippen molar-refractivity contribution in [2.24, 2.45) is 5.92 Å². The largest absolute Gasteiger partial charge is 0.353 e. The molecule has 1 fully saturated rings. The van der Waals surface area contributed by atoms with Crippen molar-refractivity contribution < 1.29 is 4.79 Å². The fourth-order valence-electron chi connectivity index (χ4n) is 3.17. The van der Waals surface area contributed by atoms with Gasteiger partial charge < -0.3 is 5.32 Å². The highest BCUT2D eigenvalue weighted by Crippen LogP contribution is 2.25. The molecule has 1 heterocycles. The van der Waals surface area contributed by atoms with Gasteiger partial charge in [0.15, 0.2) is 0 Å². The molecule has 0 unspecified atom stereocenters. The van der Waals surface area contributed by atoms with Gasteiger partial charge in [0.1, 0.15) is 0 Å². The minimum Gasteiger partial charge on any atom is -0.353 e. The predicted octanol–water partition coefficient (Wildman–Crippen LogP) is 4.51. The first-order chi connectivity index (χ1) is 11.0. The number of amides is 1. The Morgan fingerprint density at radius 2 is 2.22 bits per heavy atom. The maximum Gasteiger partial charge on any atom is 0.224 e. The topological polar surface area (TPSA) is 32.3 Å². The molecule has 0 aromatic heterocycles. The van der Waals surface area contributed by atoms with E-state index in [4.69, 9.17) is 23.2 Å². The molecule has 0 bridgehead atoms. The van der Waals surface area contributed by atoms with E-state index in [0.29, 0.717) is 10.0 Å². The Balaban J connectivity index is 1.91. The number of piperidine rings is 1. The maximum absolute atomic E-state index is 12.4. The van der Waals surface area contributed by atoms with Gasteiger partial charge in [-0.15, -0.1) is 0 Å². The molecule has 23 heavy (non-hydrogen) atoms. The second-order valence-electron chi connectivity index (χ2n) is 6.51. The van der Waals surface area contributed by atoms with E-state index in [-0.39, 0.29) is 17.9 Å². The van der Waals surface area contributed by atoms with Gasteiger partial charge in [-0.1, -0.05) is 42.6 Å². The number of nitrogens with one attached hydrogen (secondary N) is 1. The van der Waals surface area contributed by atoms with E-state index in [1.165, 1.54) is 0 Å². The van der Waals surface area contributed by atoms with Crippen molar-refractivity contribution in [2.45, 2.75) is 52.1 Å². The van der Waals surface area contributed by atoms with Gasteiger partial charge in [0.25, 0.3) is 0 Å². The molecule has 1 aliphatic rings. The lowest BCUT2D eigenvalue weighted by atomic mass is 9.96. The number of rotatable bonds is 6. The zero-order chi connectivity index (χ0) is 16.8. The number of carbonyl (C=O) groups excluding carboxylic acids is 1. The van der Waals surface area contributed by atoms with Gasteiger partial charge in [-0.3, -0.25) is 9.69 Å². The number of benzene rings is 1. The lowest BCUT2D eigenvalue weighted by Crippen LogP contribution is -2.45. The first kappa shape index (κ1) is 18.6. The summed E-state index contributed by atoms with van der Waals surface area (Å²) in [4.78, 5) is 14.7. The summed E-state index contributed by atoms with van der Waals surface area (Å²) in [5, 5.41) is 4.49. The Labute approximate surface area is 149 Å². The summed E-state index contributed by atoms with van der Waals surface area (Å²) >= 11 is 12.2. The highest BCUT2D eigenvalue weighted by molar-refractivity contribution is 6.35. The molecule has 1 aromatic carbocycles. The second kappa shape index (κ2) is 8.91. The monoisotopic (exact) mass is 356 g/mol. The van der Waals surface area contributed by atoms with Crippen LogP contribution in [0.1, 0.15) is 45.1 Å². The van der Waals surface area contributed by atoms with Crippen LogP contribution < -0.4 is 5.32 Å². The number of hydrogen-bond acceptors (Lipinski definition) is 2. The molecule has 1 N–H and O–H groups in total. The minimum absolute atomic E-state index is 0.0779. The van der Waals surface area contributed by atoms with Crippen molar-refractivity contribution in [1.82, 2.24) is 10.2 Å². The van der Waals surface area contributed by atoms with E-state index in [0.717, 1.165) is 50.9 Å². The number of nitrogens with zero attached hydrogens (tertiary/aromatic N) is 1. The van der Waals surface area contributed by atoms with Crippen molar-refractivity contribution in [3.05, 3.63) is 33.8 Å². The van der Waals surface area contributed by atoms with E-state index in [1.54, 1.807) is 6.07 Å². The van der Waals surface area contributed by atoms with Crippen molar-refractivity contribution in [2.75, 3.05) is 13.1 Å². The van der Waals surface area contributed by atoms with Gasteiger partial charge >= 0.3 is 0 Å². The van der Waals surface area contributed by atoms with Crippen molar-refractivity contribution in [3.63, 3.8) is 0 Å². The summed E-state index contributed by atoms with van der Waals surface area (Å²) < 4.78 is 0. The molecular formula is C18H26Cl2N2O. The molecule has 3 nitrogen and oxygen atoms in total. The molecule has 2 rings (SSSR count). The lowest BCUT2D eigenvalue weighted by Gasteiger charge is -2.32. The summed E-state index contributed by atoms with van der Waals surface area (Å²) in [5.41, 5.74) is 1.07. The SMILES string of the molecule is CCC[C@H](C)NC(=O)[C@@H]1CCCN(Cc2ccc(Cl)cc2Cl)C1. The fourth-order valence-corrected chi connectivity index (χ4v) is 3.64. The van der Waals surface area contributed by atoms with Crippen LogP contribution in [-0.2, 0) is 11.3 Å². The molecule has 1 amide bonds. The molecule has 2 atom stereocenters. The van der Waals surface area contributed by atoms with Crippen molar-refractivity contribution in [3.8, 4) is 0 Å². The highest BCUT2D eigenvalue weighted by atomic mass is 35.5. The van der Waals surface area contributed by atoms with Gasteiger partial charge in [0, 0.05) is 29.2 Å². The normalized spacial score (nSPS) is 20.3. The van der Waals surface area contributed by atoms with Gasteiger partial charge in [-0.05, 0) is 50.4 Å². The Morgan fingerprint density at radius 3 is 2.91 bits per heavy atom. The molecule has 1 aliphatic heterocycles. The summed E-state index contributed by atoms with van der Waals surface area (Å²) in [6.45, 7) is 6.79. The summed E-state index contributed by atoms with van der Waals surface area (Å²) in [5.74, 6) is 0.270. The Bertz CT molecular complexity index is 536. The van der Waals surface area contributed by atoms with Crippen LogP contribution in [0.25, 0.3) is 0 Å². The average molecular weight is 357 g/mol. The molecule has 0 aliphatic carbocycles. The van der Waals surface area contributed by atoms with Gasteiger partial charge in [-0.25, -0.2) is 0 Å². The average Bonchev–Trinajstić information content (AvgIpc) is 2.50. The molecule has 128 valence electrons. The third-order valence-corrected chi connectivity index (χ3v) is 4.98. The van der Waals surface area contributed by atoms with Crippen LogP contribution in [0.5, 0.6) is 0 Å². The standard InChI is InChI=1S/C18H26Cl2N2O/c1-3-5-13(2)21-18(23)15-6-4-9-22(12-15)11-14-7-8-16(19)10-17(14)20/h7-8,10,13,15H,3-6,9,11-12H2,1-2H3,(H,21,23)/t13-,15+/m0/s1. The van der Waals surface area contributed by atoms with Gasteiger partial charge in [0.2, 0.25) is 5.91 Å².